The van der Waals surface area contributed by atoms with Crippen LogP contribution in [0.5, 0.6) is 5.75 Å². The van der Waals surface area contributed by atoms with Crippen LogP contribution in [0.1, 0.15) is 24.1 Å². The lowest BCUT2D eigenvalue weighted by molar-refractivity contribution is 0.357. The summed E-state index contributed by atoms with van der Waals surface area (Å²) >= 11 is 5.82. The second-order valence-corrected chi connectivity index (χ2v) is 5.37. The highest BCUT2D eigenvalue weighted by atomic mass is 35.5. The maximum Gasteiger partial charge on any atom is 0.141 e. The van der Waals surface area contributed by atoms with Crippen molar-refractivity contribution in [3.05, 3.63) is 58.4 Å². The molecule has 0 aromatic heterocycles. The number of hydrogen-bond donors (Lipinski definition) is 1. The van der Waals surface area contributed by atoms with Crippen LogP contribution in [0.15, 0.2) is 36.4 Å². The van der Waals surface area contributed by atoms with Gasteiger partial charge in [0, 0.05) is 18.2 Å². The van der Waals surface area contributed by atoms with Gasteiger partial charge in [0.1, 0.15) is 11.6 Å². The smallest absolute Gasteiger partial charge is 0.141 e. The molecule has 1 aliphatic rings. The average Bonchev–Trinajstić information content (AvgIpc) is 2.89. The Labute approximate surface area is 122 Å². The summed E-state index contributed by atoms with van der Waals surface area (Å²) in [6.07, 6.45) is 0.946. The summed E-state index contributed by atoms with van der Waals surface area (Å²) in [7, 11) is 0. The van der Waals surface area contributed by atoms with Crippen molar-refractivity contribution in [1.82, 2.24) is 0 Å². The molecule has 1 aliphatic heterocycles. The van der Waals surface area contributed by atoms with E-state index in [4.69, 9.17) is 16.3 Å². The molecule has 0 saturated carbocycles. The first-order chi connectivity index (χ1) is 9.63. The normalized spacial score (nSPS) is 14.6. The van der Waals surface area contributed by atoms with Gasteiger partial charge in [-0.2, -0.15) is 0 Å². The molecule has 0 saturated heterocycles. The first-order valence-electron chi connectivity index (χ1n) is 6.61. The van der Waals surface area contributed by atoms with Crippen molar-refractivity contribution in [2.24, 2.45) is 0 Å². The molecule has 0 aliphatic carbocycles. The lowest BCUT2D eigenvalue weighted by Crippen LogP contribution is -2.06. The largest absolute Gasteiger partial charge is 0.493 e. The summed E-state index contributed by atoms with van der Waals surface area (Å²) in [4.78, 5) is 0. The van der Waals surface area contributed by atoms with Crippen LogP contribution in [0.3, 0.4) is 0 Å². The van der Waals surface area contributed by atoms with Crippen molar-refractivity contribution in [3.63, 3.8) is 0 Å². The van der Waals surface area contributed by atoms with E-state index in [1.54, 1.807) is 12.1 Å². The van der Waals surface area contributed by atoms with E-state index in [9.17, 15) is 4.39 Å². The first kappa shape index (κ1) is 13.3. The predicted molar refractivity (Wildman–Crippen MR) is 79.1 cm³/mol. The van der Waals surface area contributed by atoms with Gasteiger partial charge in [-0.15, -0.1) is 0 Å². The van der Waals surface area contributed by atoms with Crippen molar-refractivity contribution in [3.8, 4) is 5.75 Å². The van der Waals surface area contributed by atoms with Gasteiger partial charge in [0.25, 0.3) is 0 Å². The van der Waals surface area contributed by atoms with Crippen LogP contribution in [0, 0.1) is 5.82 Å². The van der Waals surface area contributed by atoms with E-state index in [1.807, 2.05) is 19.1 Å². The van der Waals surface area contributed by atoms with Crippen molar-refractivity contribution >= 4 is 17.3 Å². The zero-order valence-electron chi connectivity index (χ0n) is 11.1. The maximum atomic E-state index is 13.2. The lowest BCUT2D eigenvalue weighted by Gasteiger charge is -2.16. The molecule has 2 aromatic rings. The van der Waals surface area contributed by atoms with E-state index in [-0.39, 0.29) is 11.1 Å². The Morgan fingerprint density at radius 2 is 2.10 bits per heavy atom. The van der Waals surface area contributed by atoms with E-state index in [0.717, 1.165) is 30.0 Å². The molecule has 0 fully saturated rings. The molecule has 0 spiro atoms. The third-order valence-corrected chi connectivity index (χ3v) is 3.81. The Hall–Kier alpha value is -1.74. The molecule has 2 nitrogen and oxygen atoms in total. The minimum absolute atomic E-state index is 0.0495. The van der Waals surface area contributed by atoms with Gasteiger partial charge in [0.05, 0.1) is 11.6 Å². The molecule has 1 N–H and O–H groups in total. The Morgan fingerprint density at radius 3 is 2.90 bits per heavy atom. The van der Waals surface area contributed by atoms with E-state index in [0.29, 0.717) is 0 Å². The molecule has 1 atom stereocenters. The summed E-state index contributed by atoms with van der Waals surface area (Å²) in [5, 5.41) is 3.55. The van der Waals surface area contributed by atoms with Gasteiger partial charge >= 0.3 is 0 Å². The van der Waals surface area contributed by atoms with Crippen LogP contribution in [-0.4, -0.2) is 6.61 Å². The highest BCUT2D eigenvalue weighted by molar-refractivity contribution is 6.30. The van der Waals surface area contributed by atoms with Gasteiger partial charge < -0.3 is 10.1 Å². The molecule has 1 unspecified atom stereocenters. The van der Waals surface area contributed by atoms with Crippen LogP contribution >= 0.6 is 11.6 Å². The predicted octanol–water partition coefficient (Wildman–Crippen LogP) is 4.59. The minimum atomic E-state index is -0.391. The van der Waals surface area contributed by atoms with Gasteiger partial charge in [0.15, 0.2) is 0 Å². The van der Waals surface area contributed by atoms with E-state index in [1.165, 1.54) is 11.6 Å². The van der Waals surface area contributed by atoms with Crippen molar-refractivity contribution in [2.45, 2.75) is 19.4 Å². The van der Waals surface area contributed by atoms with Crippen LogP contribution in [0.25, 0.3) is 0 Å². The van der Waals surface area contributed by atoms with Crippen LogP contribution in [0.4, 0.5) is 10.1 Å². The second-order valence-electron chi connectivity index (χ2n) is 4.96. The van der Waals surface area contributed by atoms with Gasteiger partial charge in [-0.25, -0.2) is 4.39 Å². The monoisotopic (exact) mass is 291 g/mol. The number of ether oxygens (including phenoxy) is 1. The highest BCUT2D eigenvalue weighted by Gasteiger charge is 2.13. The standard InChI is InChI=1S/C16H15ClFNO/c1-10(11-2-4-15(18)14(17)9-11)19-13-3-5-16-12(8-13)6-7-20-16/h2-5,8-10,19H,6-7H2,1H3. The zero-order valence-corrected chi connectivity index (χ0v) is 11.9. The Bertz CT molecular complexity index is 644. The number of anilines is 1. The topological polar surface area (TPSA) is 21.3 Å². The minimum Gasteiger partial charge on any atom is -0.493 e. The number of fused-ring (bicyclic) bond motifs is 1. The summed E-state index contributed by atoms with van der Waals surface area (Å²) < 4.78 is 18.7. The molecule has 0 amide bonds. The quantitative estimate of drug-likeness (QED) is 0.893. The third-order valence-electron chi connectivity index (χ3n) is 3.52. The Kier molecular flexibility index (Phi) is 3.53. The second kappa shape index (κ2) is 5.33. The fraction of sp³-hybridized carbons (Fsp3) is 0.250. The first-order valence-corrected chi connectivity index (χ1v) is 6.98. The van der Waals surface area contributed by atoms with E-state index in [2.05, 4.69) is 11.4 Å². The van der Waals surface area contributed by atoms with Gasteiger partial charge in [-0.05, 0) is 48.4 Å². The SMILES string of the molecule is CC(Nc1ccc2c(c1)CCO2)c1ccc(F)c(Cl)c1. The highest BCUT2D eigenvalue weighted by Crippen LogP contribution is 2.30. The molecule has 1 heterocycles. The number of nitrogens with one attached hydrogen (secondary N) is 1. The molecular formula is C16H15ClFNO. The molecule has 104 valence electrons. The van der Waals surface area contributed by atoms with E-state index < -0.39 is 5.82 Å². The van der Waals surface area contributed by atoms with Crippen LogP contribution in [-0.2, 0) is 6.42 Å². The van der Waals surface area contributed by atoms with Crippen molar-refractivity contribution < 1.29 is 9.13 Å². The number of halogens is 2. The molecule has 20 heavy (non-hydrogen) atoms. The fourth-order valence-electron chi connectivity index (χ4n) is 2.39. The molecule has 0 bridgehead atoms. The molecule has 3 rings (SSSR count). The average molecular weight is 292 g/mol. The number of rotatable bonds is 3. The summed E-state index contributed by atoms with van der Waals surface area (Å²) in [6.45, 7) is 2.77. The lowest BCUT2D eigenvalue weighted by atomic mass is 10.1. The van der Waals surface area contributed by atoms with Gasteiger partial charge in [-0.3, -0.25) is 0 Å². The summed E-state index contributed by atoms with van der Waals surface area (Å²) in [5.41, 5.74) is 3.20. The molecule has 2 aromatic carbocycles. The summed E-state index contributed by atoms with van der Waals surface area (Å²) in [6, 6.07) is 10.9. The van der Waals surface area contributed by atoms with Crippen LogP contribution in [0.2, 0.25) is 5.02 Å². The number of hydrogen-bond acceptors (Lipinski definition) is 2. The Morgan fingerprint density at radius 1 is 1.25 bits per heavy atom. The van der Waals surface area contributed by atoms with Crippen molar-refractivity contribution in [1.29, 1.82) is 0 Å². The van der Waals surface area contributed by atoms with Gasteiger partial charge in [-0.1, -0.05) is 17.7 Å². The fourth-order valence-corrected chi connectivity index (χ4v) is 2.58. The molecular weight excluding hydrogens is 277 g/mol. The third kappa shape index (κ3) is 2.59. The van der Waals surface area contributed by atoms with Gasteiger partial charge in [0.2, 0.25) is 0 Å². The summed E-state index contributed by atoms with van der Waals surface area (Å²) in [5.74, 6) is 0.574. The van der Waals surface area contributed by atoms with Crippen LogP contribution < -0.4 is 10.1 Å². The Balaban J connectivity index is 1.78. The van der Waals surface area contributed by atoms with Crippen molar-refractivity contribution in [2.75, 3.05) is 11.9 Å². The maximum absolute atomic E-state index is 13.2. The number of benzene rings is 2. The molecule has 4 heteroatoms. The van der Waals surface area contributed by atoms with E-state index >= 15 is 0 Å². The molecule has 0 radical (unpaired) electrons. The zero-order chi connectivity index (χ0) is 14.1.